The third kappa shape index (κ3) is 3.78. The Balaban J connectivity index is 1.61. The van der Waals surface area contributed by atoms with E-state index in [0.29, 0.717) is 5.69 Å². The van der Waals surface area contributed by atoms with Gasteiger partial charge in [0, 0.05) is 11.7 Å². The number of hydrogen-bond donors (Lipinski definition) is 0. The molecule has 0 fully saturated rings. The van der Waals surface area contributed by atoms with Crippen LogP contribution in [0.4, 0.5) is 5.69 Å². The first-order chi connectivity index (χ1) is 13.4. The Kier molecular flexibility index (Phi) is 5.54. The summed E-state index contributed by atoms with van der Waals surface area (Å²) in [6.45, 7) is 2.69. The van der Waals surface area contributed by atoms with Crippen LogP contribution in [0.15, 0.2) is 54.6 Å². The first-order valence-electron chi connectivity index (χ1n) is 8.88. The predicted octanol–water partition coefficient (Wildman–Crippen LogP) is 2.27. The maximum Gasteiger partial charge on any atom is 0.326 e. The Labute approximate surface area is 162 Å². The highest BCUT2D eigenvalue weighted by Crippen LogP contribution is 2.22. The molecular formula is C21H20N2O5. The lowest BCUT2D eigenvalue weighted by atomic mass is 10.1. The SMILES string of the molecule is CC(C)N(C(=O)COC(=O)CN1C(=O)c2ccccc2C1=O)c1ccccc1. The van der Waals surface area contributed by atoms with Crippen molar-refractivity contribution in [2.45, 2.75) is 19.9 Å². The van der Waals surface area contributed by atoms with Crippen molar-refractivity contribution >= 4 is 29.4 Å². The standard InChI is InChI=1S/C21H20N2O5/c1-14(2)23(15-8-4-3-5-9-15)18(24)13-28-19(25)12-22-20(26)16-10-6-7-11-17(16)21(22)27/h3-11,14H,12-13H2,1-2H3. The number of carbonyl (C=O) groups is 4. The lowest BCUT2D eigenvalue weighted by Crippen LogP contribution is -2.41. The number of rotatable bonds is 6. The summed E-state index contributed by atoms with van der Waals surface area (Å²) in [6.07, 6.45) is 0. The summed E-state index contributed by atoms with van der Waals surface area (Å²) in [6, 6.07) is 15.3. The molecule has 7 heteroatoms. The zero-order valence-electron chi connectivity index (χ0n) is 15.6. The van der Waals surface area contributed by atoms with E-state index in [2.05, 4.69) is 0 Å². The maximum absolute atomic E-state index is 12.5. The van der Waals surface area contributed by atoms with E-state index in [1.54, 1.807) is 24.3 Å². The summed E-state index contributed by atoms with van der Waals surface area (Å²) >= 11 is 0. The zero-order chi connectivity index (χ0) is 20.3. The van der Waals surface area contributed by atoms with Crippen molar-refractivity contribution in [1.82, 2.24) is 4.90 Å². The molecule has 0 unspecified atom stereocenters. The molecule has 0 spiro atoms. The molecule has 1 heterocycles. The third-order valence-electron chi connectivity index (χ3n) is 4.34. The number of esters is 1. The van der Waals surface area contributed by atoms with Crippen LogP contribution in [0.25, 0.3) is 0 Å². The molecule has 0 N–H and O–H groups in total. The van der Waals surface area contributed by atoms with Gasteiger partial charge in [-0.3, -0.25) is 24.1 Å². The van der Waals surface area contributed by atoms with Crippen LogP contribution in [-0.4, -0.2) is 47.8 Å². The molecule has 0 saturated heterocycles. The molecule has 7 nitrogen and oxygen atoms in total. The van der Waals surface area contributed by atoms with Gasteiger partial charge in [0.2, 0.25) is 0 Å². The molecule has 2 aromatic carbocycles. The second-order valence-corrected chi connectivity index (χ2v) is 6.60. The van der Waals surface area contributed by atoms with E-state index in [0.717, 1.165) is 4.90 Å². The van der Waals surface area contributed by atoms with Crippen molar-refractivity contribution in [1.29, 1.82) is 0 Å². The summed E-state index contributed by atoms with van der Waals surface area (Å²) < 4.78 is 5.04. The molecule has 0 radical (unpaired) electrons. The monoisotopic (exact) mass is 380 g/mol. The number of para-hydroxylation sites is 1. The fourth-order valence-corrected chi connectivity index (χ4v) is 3.09. The Morgan fingerprint density at radius 1 is 0.929 bits per heavy atom. The van der Waals surface area contributed by atoms with E-state index >= 15 is 0 Å². The van der Waals surface area contributed by atoms with E-state index in [-0.39, 0.29) is 17.2 Å². The topological polar surface area (TPSA) is 84.0 Å². The van der Waals surface area contributed by atoms with Crippen LogP contribution in [0.2, 0.25) is 0 Å². The van der Waals surface area contributed by atoms with Crippen LogP contribution in [0, 0.1) is 0 Å². The van der Waals surface area contributed by atoms with Gasteiger partial charge in [0.15, 0.2) is 6.61 Å². The highest BCUT2D eigenvalue weighted by atomic mass is 16.5. The smallest absolute Gasteiger partial charge is 0.326 e. The molecule has 0 atom stereocenters. The Hall–Kier alpha value is -3.48. The van der Waals surface area contributed by atoms with E-state index in [9.17, 15) is 19.2 Å². The van der Waals surface area contributed by atoms with Crippen molar-refractivity contribution in [2.24, 2.45) is 0 Å². The number of nitrogens with zero attached hydrogens (tertiary/aromatic N) is 2. The van der Waals surface area contributed by atoms with Crippen molar-refractivity contribution in [3.63, 3.8) is 0 Å². The third-order valence-corrected chi connectivity index (χ3v) is 4.34. The molecule has 144 valence electrons. The first kappa shape index (κ1) is 19.3. The molecule has 1 aliphatic rings. The minimum absolute atomic E-state index is 0.134. The number of anilines is 1. The quantitative estimate of drug-likeness (QED) is 0.567. The minimum atomic E-state index is -0.820. The Morgan fingerprint density at radius 3 is 2.00 bits per heavy atom. The molecule has 3 rings (SSSR count). The molecule has 0 bridgehead atoms. The molecule has 0 aromatic heterocycles. The lowest BCUT2D eigenvalue weighted by Gasteiger charge is -2.26. The highest BCUT2D eigenvalue weighted by Gasteiger charge is 2.36. The lowest BCUT2D eigenvalue weighted by molar-refractivity contribution is -0.148. The fourth-order valence-electron chi connectivity index (χ4n) is 3.09. The van der Waals surface area contributed by atoms with Gasteiger partial charge in [0.25, 0.3) is 17.7 Å². The minimum Gasteiger partial charge on any atom is -0.454 e. The number of ether oxygens (including phenoxy) is 1. The van der Waals surface area contributed by atoms with Gasteiger partial charge >= 0.3 is 5.97 Å². The average molecular weight is 380 g/mol. The molecule has 2 aromatic rings. The van der Waals surface area contributed by atoms with Gasteiger partial charge in [-0.2, -0.15) is 0 Å². The van der Waals surface area contributed by atoms with Gasteiger partial charge in [0.1, 0.15) is 6.54 Å². The number of benzene rings is 2. The van der Waals surface area contributed by atoms with Crippen molar-refractivity contribution in [2.75, 3.05) is 18.1 Å². The van der Waals surface area contributed by atoms with Crippen molar-refractivity contribution < 1.29 is 23.9 Å². The summed E-state index contributed by atoms with van der Waals surface area (Å²) in [7, 11) is 0. The zero-order valence-corrected chi connectivity index (χ0v) is 15.6. The number of imide groups is 1. The van der Waals surface area contributed by atoms with Gasteiger partial charge in [-0.1, -0.05) is 30.3 Å². The largest absolute Gasteiger partial charge is 0.454 e. The number of hydrogen-bond acceptors (Lipinski definition) is 5. The van der Waals surface area contributed by atoms with Crippen LogP contribution in [0.5, 0.6) is 0 Å². The molecule has 3 amide bonds. The molecule has 28 heavy (non-hydrogen) atoms. The number of carbonyl (C=O) groups excluding carboxylic acids is 4. The Morgan fingerprint density at radius 2 is 1.46 bits per heavy atom. The van der Waals surface area contributed by atoms with Gasteiger partial charge in [-0.15, -0.1) is 0 Å². The van der Waals surface area contributed by atoms with Crippen LogP contribution in [0.3, 0.4) is 0 Å². The second-order valence-electron chi connectivity index (χ2n) is 6.60. The number of amides is 3. The number of fused-ring (bicyclic) bond motifs is 1. The van der Waals surface area contributed by atoms with E-state index in [1.807, 2.05) is 32.0 Å². The van der Waals surface area contributed by atoms with Crippen molar-refractivity contribution in [3.8, 4) is 0 Å². The highest BCUT2D eigenvalue weighted by molar-refractivity contribution is 6.22. The van der Waals surface area contributed by atoms with Crippen LogP contribution >= 0.6 is 0 Å². The van der Waals surface area contributed by atoms with Gasteiger partial charge in [-0.05, 0) is 38.1 Å². The van der Waals surface area contributed by atoms with Crippen LogP contribution < -0.4 is 4.90 Å². The van der Waals surface area contributed by atoms with E-state index < -0.39 is 36.8 Å². The molecule has 1 aliphatic heterocycles. The Bertz CT molecular complexity index is 888. The molecule has 0 aliphatic carbocycles. The van der Waals surface area contributed by atoms with E-state index in [1.165, 1.54) is 17.0 Å². The van der Waals surface area contributed by atoms with Gasteiger partial charge < -0.3 is 9.64 Å². The first-order valence-corrected chi connectivity index (χ1v) is 8.88. The maximum atomic E-state index is 12.5. The summed E-state index contributed by atoms with van der Waals surface area (Å²) in [5.74, 6) is -2.30. The van der Waals surface area contributed by atoms with Gasteiger partial charge in [0.05, 0.1) is 11.1 Å². The normalized spacial score (nSPS) is 12.9. The van der Waals surface area contributed by atoms with Crippen LogP contribution in [-0.2, 0) is 14.3 Å². The molecular weight excluding hydrogens is 360 g/mol. The van der Waals surface area contributed by atoms with Crippen LogP contribution in [0.1, 0.15) is 34.6 Å². The van der Waals surface area contributed by atoms with Crippen molar-refractivity contribution in [3.05, 3.63) is 65.7 Å². The van der Waals surface area contributed by atoms with E-state index in [4.69, 9.17) is 4.74 Å². The summed E-state index contributed by atoms with van der Waals surface area (Å²) in [5.41, 5.74) is 1.21. The summed E-state index contributed by atoms with van der Waals surface area (Å²) in [5, 5.41) is 0. The molecule has 0 saturated carbocycles. The predicted molar refractivity (Wildman–Crippen MR) is 102 cm³/mol. The average Bonchev–Trinajstić information content (AvgIpc) is 2.92. The van der Waals surface area contributed by atoms with Gasteiger partial charge in [-0.25, -0.2) is 0 Å². The fraction of sp³-hybridized carbons (Fsp3) is 0.238. The summed E-state index contributed by atoms with van der Waals surface area (Å²) in [4.78, 5) is 51.6. The second kappa shape index (κ2) is 8.04.